The molecule has 0 aliphatic carbocycles. The SMILES string of the molecule is O=C(O)C(F)(F)F.O=c1c(N2CCNCC2)c(N(Cc2ccc(-c3nnc(C(F)F)o3)cc2F)c2cc(F)cc(Br)c2)c1=O. The molecule has 1 aromatic heterocycles. The van der Waals surface area contributed by atoms with Crippen molar-refractivity contribution < 1.29 is 45.1 Å². The molecule has 44 heavy (non-hydrogen) atoms. The number of aliphatic carboxylic acids is 1. The van der Waals surface area contributed by atoms with Gasteiger partial charge < -0.3 is 24.6 Å². The van der Waals surface area contributed by atoms with Crippen LogP contribution in [0.2, 0.25) is 0 Å². The van der Waals surface area contributed by atoms with Gasteiger partial charge >= 0.3 is 18.6 Å². The quantitative estimate of drug-likeness (QED) is 0.208. The standard InChI is InChI=1S/C24H18BrF4N5O3.C2HF3O2/c25-14-8-15(26)10-16(9-14)34(19-18(20(35)21(19)36)33-5-3-30-4-6-33)11-13-2-1-12(7-17(13)27)23-31-32-24(37-23)22(28)29;3-2(4,5)1(6)7/h1-2,7-10,22,30H,3-6,11H2;(H,6,7). The number of hydrogen-bond donors (Lipinski definition) is 2. The Bertz CT molecular complexity index is 1710. The monoisotopic (exact) mass is 693 g/mol. The summed E-state index contributed by atoms with van der Waals surface area (Å²) < 4.78 is 92.1. The summed E-state index contributed by atoms with van der Waals surface area (Å²) in [6.07, 6.45) is -8.05. The molecule has 1 saturated heterocycles. The van der Waals surface area contributed by atoms with E-state index in [1.807, 2.05) is 0 Å². The Morgan fingerprint density at radius 1 is 1.07 bits per heavy atom. The number of hydrogen-bond acceptors (Lipinski definition) is 9. The van der Waals surface area contributed by atoms with Crippen molar-refractivity contribution in [3.63, 3.8) is 0 Å². The Hall–Kier alpha value is -4.32. The normalized spacial score (nSPS) is 13.6. The highest BCUT2D eigenvalue weighted by Gasteiger charge is 2.38. The summed E-state index contributed by atoms with van der Waals surface area (Å²) in [5.74, 6) is -5.28. The Labute approximate surface area is 250 Å². The molecular weight excluding hydrogens is 675 g/mol. The molecule has 2 heterocycles. The van der Waals surface area contributed by atoms with Crippen LogP contribution in [0.4, 0.5) is 47.8 Å². The van der Waals surface area contributed by atoms with E-state index in [1.165, 1.54) is 29.2 Å². The first-order valence-electron chi connectivity index (χ1n) is 12.4. The Morgan fingerprint density at radius 3 is 2.27 bits per heavy atom. The Kier molecular flexibility index (Phi) is 9.72. The van der Waals surface area contributed by atoms with Gasteiger partial charge in [-0.05, 0) is 30.3 Å². The predicted molar refractivity (Wildman–Crippen MR) is 145 cm³/mol. The number of alkyl halides is 5. The van der Waals surface area contributed by atoms with E-state index < -0.39 is 47.0 Å². The Morgan fingerprint density at radius 2 is 1.73 bits per heavy atom. The van der Waals surface area contributed by atoms with Gasteiger partial charge in [0.15, 0.2) is 0 Å². The highest BCUT2D eigenvalue weighted by atomic mass is 79.9. The minimum atomic E-state index is -5.08. The van der Waals surface area contributed by atoms with Crippen LogP contribution in [0, 0.1) is 11.6 Å². The number of halogens is 8. The van der Waals surface area contributed by atoms with Crippen LogP contribution in [-0.4, -0.2) is 53.6 Å². The van der Waals surface area contributed by atoms with Crippen molar-refractivity contribution in [3.8, 4) is 11.5 Å². The molecule has 0 radical (unpaired) electrons. The molecule has 2 N–H and O–H groups in total. The molecule has 1 aliphatic heterocycles. The second kappa shape index (κ2) is 13.1. The number of piperazine rings is 1. The number of rotatable bonds is 7. The molecule has 1 fully saturated rings. The van der Waals surface area contributed by atoms with Gasteiger partial charge in [0.2, 0.25) is 5.89 Å². The van der Waals surface area contributed by atoms with E-state index in [4.69, 9.17) is 14.3 Å². The lowest BCUT2D eigenvalue weighted by atomic mass is 10.1. The maximum atomic E-state index is 15.2. The number of nitrogens with one attached hydrogen (secondary N) is 1. The van der Waals surface area contributed by atoms with E-state index >= 15 is 4.39 Å². The van der Waals surface area contributed by atoms with E-state index in [0.29, 0.717) is 30.7 Å². The van der Waals surface area contributed by atoms with Crippen LogP contribution >= 0.6 is 15.9 Å². The smallest absolute Gasteiger partial charge is 0.475 e. The second-order valence-electron chi connectivity index (χ2n) is 9.16. The summed E-state index contributed by atoms with van der Waals surface area (Å²) in [5.41, 5.74) is -0.748. The van der Waals surface area contributed by atoms with Crippen LogP contribution in [0.1, 0.15) is 17.9 Å². The third kappa shape index (κ3) is 7.24. The molecule has 4 aromatic rings. The first-order valence-corrected chi connectivity index (χ1v) is 13.2. The summed E-state index contributed by atoms with van der Waals surface area (Å²) in [5, 5.41) is 17.0. The van der Waals surface area contributed by atoms with Crippen LogP contribution < -0.4 is 26.0 Å². The maximum absolute atomic E-state index is 15.2. The first kappa shape index (κ1) is 32.6. The van der Waals surface area contributed by atoms with Crippen molar-refractivity contribution in [2.75, 3.05) is 36.0 Å². The molecule has 10 nitrogen and oxygen atoms in total. The van der Waals surface area contributed by atoms with E-state index in [1.54, 1.807) is 11.0 Å². The van der Waals surface area contributed by atoms with Crippen molar-refractivity contribution >= 4 is 39.0 Å². The lowest BCUT2D eigenvalue weighted by Crippen LogP contribution is -2.51. The van der Waals surface area contributed by atoms with E-state index in [0.717, 1.165) is 6.07 Å². The van der Waals surface area contributed by atoms with Crippen LogP contribution in [0.3, 0.4) is 0 Å². The van der Waals surface area contributed by atoms with Gasteiger partial charge in [0, 0.05) is 47.5 Å². The third-order valence-corrected chi connectivity index (χ3v) is 6.68. The average Bonchev–Trinajstić information content (AvgIpc) is 3.46. The zero-order chi connectivity index (χ0) is 32.3. The molecule has 5 rings (SSSR count). The van der Waals surface area contributed by atoms with Gasteiger partial charge in [-0.15, -0.1) is 10.2 Å². The van der Waals surface area contributed by atoms with Crippen molar-refractivity contribution in [2.24, 2.45) is 0 Å². The van der Waals surface area contributed by atoms with Crippen LogP contribution in [0.5, 0.6) is 0 Å². The van der Waals surface area contributed by atoms with Crippen molar-refractivity contribution in [1.29, 1.82) is 0 Å². The van der Waals surface area contributed by atoms with Crippen molar-refractivity contribution in [1.82, 2.24) is 15.5 Å². The van der Waals surface area contributed by atoms with Crippen LogP contribution in [0.15, 0.2) is 54.9 Å². The number of aromatic nitrogens is 2. The lowest BCUT2D eigenvalue weighted by molar-refractivity contribution is -0.192. The molecule has 0 unspecified atom stereocenters. The minimum Gasteiger partial charge on any atom is -0.475 e. The zero-order valence-electron chi connectivity index (χ0n) is 22.0. The van der Waals surface area contributed by atoms with Gasteiger partial charge in [-0.25, -0.2) is 13.6 Å². The fourth-order valence-electron chi connectivity index (χ4n) is 4.21. The molecule has 3 aromatic carbocycles. The molecule has 0 bridgehead atoms. The highest BCUT2D eigenvalue weighted by Crippen LogP contribution is 2.35. The number of anilines is 3. The molecule has 1 aliphatic rings. The van der Waals surface area contributed by atoms with Gasteiger partial charge in [-0.1, -0.05) is 22.0 Å². The fraction of sp³-hybridized carbons (Fsp3) is 0.269. The summed E-state index contributed by atoms with van der Waals surface area (Å²) in [6.45, 7) is 1.99. The molecule has 0 spiro atoms. The lowest BCUT2D eigenvalue weighted by Gasteiger charge is -2.35. The number of carboxylic acids is 1. The average molecular weight is 694 g/mol. The summed E-state index contributed by atoms with van der Waals surface area (Å²) in [6, 6.07) is 7.78. The molecular formula is C26H19BrF7N5O5. The molecule has 234 valence electrons. The van der Waals surface area contributed by atoms with E-state index in [-0.39, 0.29) is 40.6 Å². The summed E-state index contributed by atoms with van der Waals surface area (Å²) in [4.78, 5) is 37.5. The van der Waals surface area contributed by atoms with Gasteiger partial charge in [-0.3, -0.25) is 9.59 Å². The maximum Gasteiger partial charge on any atom is 0.490 e. The number of nitrogens with zero attached hydrogens (tertiary/aromatic N) is 4. The van der Waals surface area contributed by atoms with Crippen LogP contribution in [0.25, 0.3) is 11.5 Å². The fourth-order valence-corrected chi connectivity index (χ4v) is 4.67. The molecule has 0 saturated carbocycles. The van der Waals surface area contributed by atoms with Gasteiger partial charge in [0.1, 0.15) is 23.0 Å². The third-order valence-electron chi connectivity index (χ3n) is 6.22. The molecule has 0 amide bonds. The molecule has 0 atom stereocenters. The molecule has 18 heteroatoms. The van der Waals surface area contributed by atoms with Crippen molar-refractivity contribution in [2.45, 2.75) is 19.1 Å². The Balaban J connectivity index is 0.000000566. The number of benzene rings is 2. The van der Waals surface area contributed by atoms with Crippen LogP contribution in [-0.2, 0) is 11.3 Å². The second-order valence-corrected chi connectivity index (χ2v) is 10.1. The van der Waals surface area contributed by atoms with E-state index in [9.17, 15) is 35.9 Å². The minimum absolute atomic E-state index is 0.0475. The highest BCUT2D eigenvalue weighted by molar-refractivity contribution is 9.10. The van der Waals surface area contributed by atoms with Crippen molar-refractivity contribution in [3.05, 3.63) is 84.4 Å². The number of carboxylic acid groups (broad SMARTS) is 1. The first-order chi connectivity index (χ1) is 20.7. The number of carbonyl (C=O) groups is 1. The van der Waals surface area contributed by atoms with Gasteiger partial charge in [0.25, 0.3) is 16.7 Å². The topological polar surface area (TPSA) is 129 Å². The zero-order valence-corrected chi connectivity index (χ0v) is 23.6. The van der Waals surface area contributed by atoms with Gasteiger partial charge in [0.05, 0.1) is 6.54 Å². The predicted octanol–water partition coefficient (Wildman–Crippen LogP) is 4.69. The summed E-state index contributed by atoms with van der Waals surface area (Å²) >= 11 is 3.23. The summed E-state index contributed by atoms with van der Waals surface area (Å²) in [7, 11) is 0. The van der Waals surface area contributed by atoms with E-state index in [2.05, 4.69) is 31.4 Å². The largest absolute Gasteiger partial charge is 0.490 e. The van der Waals surface area contributed by atoms with Gasteiger partial charge in [-0.2, -0.15) is 22.0 Å².